The van der Waals surface area contributed by atoms with E-state index in [1.54, 1.807) is 23.5 Å². The first kappa shape index (κ1) is 11.2. The van der Waals surface area contributed by atoms with Crippen LogP contribution in [0.3, 0.4) is 0 Å². The van der Waals surface area contributed by atoms with E-state index in [0.29, 0.717) is 0 Å². The van der Waals surface area contributed by atoms with Gasteiger partial charge in [0.15, 0.2) is 0 Å². The van der Waals surface area contributed by atoms with Crippen molar-refractivity contribution in [1.29, 1.82) is 0 Å². The summed E-state index contributed by atoms with van der Waals surface area (Å²) < 4.78 is 12.7. The first-order valence-corrected chi connectivity index (χ1v) is 5.98. The summed E-state index contributed by atoms with van der Waals surface area (Å²) in [5.74, 6) is -0.196. The number of nitrogens with one attached hydrogen (secondary N) is 1. The lowest BCUT2D eigenvalue weighted by Crippen LogP contribution is -2.05. The number of hydrogen-bond donors (Lipinski definition) is 1. The summed E-state index contributed by atoms with van der Waals surface area (Å²) >= 11 is 1.64. The lowest BCUT2D eigenvalue weighted by atomic mass is 10.1. The van der Waals surface area contributed by atoms with Gasteiger partial charge in [-0.1, -0.05) is 12.1 Å². The molecule has 0 saturated carbocycles. The lowest BCUT2D eigenvalue weighted by molar-refractivity contribution is 0.627. The highest BCUT2D eigenvalue weighted by Crippen LogP contribution is 2.15. The van der Waals surface area contributed by atoms with Crippen molar-refractivity contribution in [2.75, 3.05) is 7.05 Å². The quantitative estimate of drug-likeness (QED) is 0.882. The minimum atomic E-state index is -0.196. The van der Waals surface area contributed by atoms with Crippen molar-refractivity contribution >= 4 is 11.3 Å². The molecule has 1 aromatic heterocycles. The molecule has 0 fully saturated rings. The third kappa shape index (κ3) is 2.87. The highest BCUT2D eigenvalue weighted by Gasteiger charge is 2.02. The standard InChI is InChI=1S/C12H13FN2S/c1-14-7-11-8-16-12(15-11)6-9-2-4-10(13)5-3-9/h2-5,8,14H,6-7H2,1H3. The fourth-order valence-corrected chi connectivity index (χ4v) is 2.30. The monoisotopic (exact) mass is 236 g/mol. The number of hydrogen-bond acceptors (Lipinski definition) is 3. The molecule has 0 saturated heterocycles. The van der Waals surface area contributed by atoms with Gasteiger partial charge in [0.1, 0.15) is 5.82 Å². The van der Waals surface area contributed by atoms with E-state index in [1.165, 1.54) is 12.1 Å². The SMILES string of the molecule is CNCc1csc(Cc2ccc(F)cc2)n1. The summed E-state index contributed by atoms with van der Waals surface area (Å²) in [5, 5.41) is 6.18. The molecule has 0 amide bonds. The summed E-state index contributed by atoms with van der Waals surface area (Å²) in [6.07, 6.45) is 0.772. The van der Waals surface area contributed by atoms with Gasteiger partial charge in [0, 0.05) is 18.3 Å². The number of nitrogens with zero attached hydrogens (tertiary/aromatic N) is 1. The van der Waals surface area contributed by atoms with E-state index >= 15 is 0 Å². The molecule has 0 spiro atoms. The number of benzene rings is 1. The summed E-state index contributed by atoms with van der Waals surface area (Å²) in [7, 11) is 1.90. The molecular weight excluding hydrogens is 223 g/mol. The molecule has 1 aromatic carbocycles. The van der Waals surface area contributed by atoms with Gasteiger partial charge in [-0.25, -0.2) is 9.37 Å². The van der Waals surface area contributed by atoms with Crippen LogP contribution in [0.1, 0.15) is 16.3 Å². The zero-order chi connectivity index (χ0) is 11.4. The first-order chi connectivity index (χ1) is 7.78. The molecule has 0 unspecified atom stereocenters. The topological polar surface area (TPSA) is 24.9 Å². The van der Waals surface area contributed by atoms with Gasteiger partial charge >= 0.3 is 0 Å². The van der Waals surface area contributed by atoms with Crippen molar-refractivity contribution in [3.8, 4) is 0 Å². The Morgan fingerprint density at radius 1 is 1.31 bits per heavy atom. The molecule has 0 aliphatic heterocycles. The van der Waals surface area contributed by atoms with E-state index < -0.39 is 0 Å². The number of aromatic nitrogens is 1. The molecule has 2 rings (SSSR count). The average molecular weight is 236 g/mol. The summed E-state index contributed by atoms with van der Waals surface area (Å²) in [5.41, 5.74) is 2.15. The molecule has 2 nitrogen and oxygen atoms in total. The van der Waals surface area contributed by atoms with Crippen LogP contribution in [0.15, 0.2) is 29.6 Å². The maximum absolute atomic E-state index is 12.7. The van der Waals surface area contributed by atoms with Crippen molar-refractivity contribution < 1.29 is 4.39 Å². The predicted molar refractivity (Wildman–Crippen MR) is 64.1 cm³/mol. The largest absolute Gasteiger partial charge is 0.314 e. The predicted octanol–water partition coefficient (Wildman–Crippen LogP) is 2.59. The molecule has 0 radical (unpaired) electrons. The molecule has 0 atom stereocenters. The van der Waals surface area contributed by atoms with Gasteiger partial charge in [0.2, 0.25) is 0 Å². The van der Waals surface area contributed by atoms with E-state index in [0.717, 1.165) is 29.2 Å². The molecule has 16 heavy (non-hydrogen) atoms. The minimum Gasteiger partial charge on any atom is -0.314 e. The highest BCUT2D eigenvalue weighted by atomic mass is 32.1. The molecule has 2 aromatic rings. The van der Waals surface area contributed by atoms with Gasteiger partial charge in [0.05, 0.1) is 10.7 Å². The van der Waals surface area contributed by atoms with Gasteiger partial charge in [-0.3, -0.25) is 0 Å². The van der Waals surface area contributed by atoms with Crippen molar-refractivity contribution in [3.05, 3.63) is 51.7 Å². The second-order valence-electron chi connectivity index (χ2n) is 3.57. The van der Waals surface area contributed by atoms with E-state index in [4.69, 9.17) is 0 Å². The second kappa shape index (κ2) is 5.18. The van der Waals surface area contributed by atoms with E-state index in [2.05, 4.69) is 15.7 Å². The van der Waals surface area contributed by atoms with Crippen molar-refractivity contribution in [2.45, 2.75) is 13.0 Å². The van der Waals surface area contributed by atoms with Gasteiger partial charge < -0.3 is 5.32 Å². The summed E-state index contributed by atoms with van der Waals surface area (Å²) in [6, 6.07) is 6.57. The number of thiazole rings is 1. The molecule has 4 heteroatoms. The molecule has 0 bridgehead atoms. The van der Waals surface area contributed by atoms with Crippen LogP contribution < -0.4 is 5.32 Å². The smallest absolute Gasteiger partial charge is 0.123 e. The second-order valence-corrected chi connectivity index (χ2v) is 4.51. The summed E-state index contributed by atoms with van der Waals surface area (Å²) in [4.78, 5) is 4.48. The van der Waals surface area contributed by atoms with Crippen LogP contribution in [0.4, 0.5) is 4.39 Å². The Morgan fingerprint density at radius 3 is 2.75 bits per heavy atom. The van der Waals surface area contributed by atoms with Crippen LogP contribution in [0.5, 0.6) is 0 Å². The Morgan fingerprint density at radius 2 is 2.06 bits per heavy atom. The third-order valence-electron chi connectivity index (χ3n) is 2.23. The molecule has 0 aliphatic carbocycles. The zero-order valence-corrected chi connectivity index (χ0v) is 9.85. The Hall–Kier alpha value is -1.26. The molecule has 1 heterocycles. The Bertz CT molecular complexity index is 450. The van der Waals surface area contributed by atoms with Gasteiger partial charge in [-0.05, 0) is 24.7 Å². The van der Waals surface area contributed by atoms with Crippen LogP contribution in [-0.2, 0) is 13.0 Å². The summed E-state index contributed by atoms with van der Waals surface area (Å²) in [6.45, 7) is 0.792. The third-order valence-corrected chi connectivity index (χ3v) is 3.12. The maximum atomic E-state index is 12.7. The maximum Gasteiger partial charge on any atom is 0.123 e. The fourth-order valence-electron chi connectivity index (χ4n) is 1.47. The Balaban J connectivity index is 2.05. The van der Waals surface area contributed by atoms with Crippen LogP contribution >= 0.6 is 11.3 Å². The van der Waals surface area contributed by atoms with Crippen molar-refractivity contribution in [1.82, 2.24) is 10.3 Å². The minimum absolute atomic E-state index is 0.196. The van der Waals surface area contributed by atoms with Crippen molar-refractivity contribution in [3.63, 3.8) is 0 Å². The molecule has 0 aliphatic rings. The highest BCUT2D eigenvalue weighted by molar-refractivity contribution is 7.09. The zero-order valence-electron chi connectivity index (χ0n) is 9.03. The van der Waals surface area contributed by atoms with Gasteiger partial charge in [-0.2, -0.15) is 0 Å². The lowest BCUT2D eigenvalue weighted by Gasteiger charge is -1.97. The van der Waals surface area contributed by atoms with Crippen LogP contribution in [0.25, 0.3) is 0 Å². The molecule has 1 N–H and O–H groups in total. The van der Waals surface area contributed by atoms with Gasteiger partial charge in [-0.15, -0.1) is 11.3 Å². The van der Waals surface area contributed by atoms with Crippen LogP contribution in [-0.4, -0.2) is 12.0 Å². The van der Waals surface area contributed by atoms with Crippen LogP contribution in [0, 0.1) is 5.82 Å². The van der Waals surface area contributed by atoms with E-state index in [1.807, 2.05) is 7.05 Å². The molecule has 84 valence electrons. The molecular formula is C12H13FN2S. The Kier molecular flexibility index (Phi) is 3.64. The van der Waals surface area contributed by atoms with Crippen LogP contribution in [0.2, 0.25) is 0 Å². The Labute approximate surface area is 98.2 Å². The number of halogens is 1. The van der Waals surface area contributed by atoms with E-state index in [-0.39, 0.29) is 5.82 Å². The fraction of sp³-hybridized carbons (Fsp3) is 0.250. The van der Waals surface area contributed by atoms with E-state index in [9.17, 15) is 4.39 Å². The normalized spacial score (nSPS) is 10.6. The van der Waals surface area contributed by atoms with Crippen molar-refractivity contribution in [2.24, 2.45) is 0 Å². The number of rotatable bonds is 4. The first-order valence-electron chi connectivity index (χ1n) is 5.10. The average Bonchev–Trinajstić information content (AvgIpc) is 2.70. The van der Waals surface area contributed by atoms with Gasteiger partial charge in [0.25, 0.3) is 0 Å².